The molecule has 0 aliphatic heterocycles. The van der Waals surface area contributed by atoms with Gasteiger partial charge in [-0.05, 0) is 36.4 Å². The van der Waals surface area contributed by atoms with Crippen molar-refractivity contribution in [3.05, 3.63) is 71.2 Å². The van der Waals surface area contributed by atoms with Crippen molar-refractivity contribution in [3.8, 4) is 0 Å². The Bertz CT molecular complexity index is 772. The predicted octanol–water partition coefficient (Wildman–Crippen LogP) is 4.14. The van der Waals surface area contributed by atoms with Crippen LogP contribution in [0, 0.1) is 0 Å². The lowest BCUT2D eigenvalue weighted by Gasteiger charge is -2.06. The average molecular weight is 283 g/mol. The Hall–Kier alpha value is -2.39. The molecule has 1 N–H and O–H groups in total. The molecule has 3 aromatic rings. The quantitative estimate of drug-likeness (QED) is 0.767. The van der Waals surface area contributed by atoms with Gasteiger partial charge in [0.1, 0.15) is 5.82 Å². The Morgan fingerprint density at radius 3 is 2.55 bits per heavy atom. The van der Waals surface area contributed by atoms with Crippen LogP contribution in [0.2, 0.25) is 5.02 Å². The van der Waals surface area contributed by atoms with Crippen molar-refractivity contribution in [1.29, 1.82) is 0 Å². The highest BCUT2D eigenvalue weighted by atomic mass is 35.5. The van der Waals surface area contributed by atoms with E-state index in [1.54, 1.807) is 24.3 Å². The molecule has 4 heteroatoms. The van der Waals surface area contributed by atoms with E-state index >= 15 is 0 Å². The monoisotopic (exact) mass is 282 g/mol. The van der Waals surface area contributed by atoms with E-state index in [-0.39, 0.29) is 5.91 Å². The predicted molar refractivity (Wildman–Crippen MR) is 81.1 cm³/mol. The van der Waals surface area contributed by atoms with Gasteiger partial charge in [0.05, 0.1) is 5.52 Å². The second-order valence-corrected chi connectivity index (χ2v) is 4.79. The number of carbonyl (C=O) groups is 1. The van der Waals surface area contributed by atoms with Crippen molar-refractivity contribution >= 4 is 34.2 Å². The summed E-state index contributed by atoms with van der Waals surface area (Å²) in [6.45, 7) is 0. The SMILES string of the molecule is O=C(Nc1ccc2ccc(Cl)cc2n1)c1ccccc1. The number of hydrogen-bond acceptors (Lipinski definition) is 2. The molecular formula is C16H11ClN2O. The van der Waals surface area contributed by atoms with Crippen LogP contribution < -0.4 is 5.32 Å². The molecule has 1 aromatic heterocycles. The Labute approximate surface area is 121 Å². The van der Waals surface area contributed by atoms with Gasteiger partial charge in [0.25, 0.3) is 5.91 Å². The lowest BCUT2D eigenvalue weighted by atomic mass is 10.2. The number of nitrogens with one attached hydrogen (secondary N) is 1. The zero-order valence-corrected chi connectivity index (χ0v) is 11.3. The van der Waals surface area contributed by atoms with E-state index < -0.39 is 0 Å². The van der Waals surface area contributed by atoms with E-state index in [1.807, 2.05) is 36.4 Å². The van der Waals surface area contributed by atoms with Gasteiger partial charge in [-0.1, -0.05) is 35.9 Å². The van der Waals surface area contributed by atoms with Gasteiger partial charge >= 0.3 is 0 Å². The molecule has 3 rings (SSSR count). The summed E-state index contributed by atoms with van der Waals surface area (Å²) in [6.07, 6.45) is 0. The Balaban J connectivity index is 1.89. The fourth-order valence-corrected chi connectivity index (χ4v) is 2.10. The van der Waals surface area contributed by atoms with E-state index in [0.29, 0.717) is 16.4 Å². The number of amides is 1. The number of fused-ring (bicyclic) bond motifs is 1. The first-order chi connectivity index (χ1) is 9.72. The summed E-state index contributed by atoms with van der Waals surface area (Å²) in [6, 6.07) is 18.2. The molecule has 0 saturated carbocycles. The second kappa shape index (κ2) is 5.31. The maximum Gasteiger partial charge on any atom is 0.256 e. The van der Waals surface area contributed by atoms with Crippen LogP contribution in [0.3, 0.4) is 0 Å². The summed E-state index contributed by atoms with van der Waals surface area (Å²) in [4.78, 5) is 16.4. The normalized spacial score (nSPS) is 10.4. The first-order valence-corrected chi connectivity index (χ1v) is 6.53. The Kier molecular flexibility index (Phi) is 3.35. The first kappa shape index (κ1) is 12.6. The average Bonchev–Trinajstić information content (AvgIpc) is 2.47. The number of rotatable bonds is 2. The fourth-order valence-electron chi connectivity index (χ4n) is 1.94. The molecule has 0 unspecified atom stereocenters. The summed E-state index contributed by atoms with van der Waals surface area (Å²) < 4.78 is 0. The van der Waals surface area contributed by atoms with Crippen LogP contribution in [0.25, 0.3) is 10.9 Å². The summed E-state index contributed by atoms with van der Waals surface area (Å²) in [5.41, 5.74) is 1.35. The molecule has 0 radical (unpaired) electrons. The zero-order valence-electron chi connectivity index (χ0n) is 10.5. The van der Waals surface area contributed by atoms with Crippen LogP contribution in [0.1, 0.15) is 10.4 Å². The highest BCUT2D eigenvalue weighted by Gasteiger charge is 2.06. The lowest BCUT2D eigenvalue weighted by Crippen LogP contribution is -2.12. The minimum Gasteiger partial charge on any atom is -0.307 e. The first-order valence-electron chi connectivity index (χ1n) is 6.15. The van der Waals surface area contributed by atoms with Crippen molar-refractivity contribution < 1.29 is 4.79 Å². The fraction of sp³-hybridized carbons (Fsp3) is 0. The van der Waals surface area contributed by atoms with Crippen molar-refractivity contribution in [2.24, 2.45) is 0 Å². The molecule has 0 atom stereocenters. The largest absolute Gasteiger partial charge is 0.307 e. The van der Waals surface area contributed by atoms with Crippen LogP contribution in [-0.4, -0.2) is 10.9 Å². The summed E-state index contributed by atoms with van der Waals surface area (Å²) in [5.74, 6) is 0.327. The lowest BCUT2D eigenvalue weighted by molar-refractivity contribution is 0.102. The molecular weight excluding hydrogens is 272 g/mol. The van der Waals surface area contributed by atoms with Gasteiger partial charge in [-0.3, -0.25) is 4.79 Å². The number of pyridine rings is 1. The molecule has 0 saturated heterocycles. The summed E-state index contributed by atoms with van der Waals surface area (Å²) >= 11 is 5.95. The molecule has 2 aromatic carbocycles. The summed E-state index contributed by atoms with van der Waals surface area (Å²) in [7, 11) is 0. The number of nitrogens with zero attached hydrogens (tertiary/aromatic N) is 1. The topological polar surface area (TPSA) is 42.0 Å². The highest BCUT2D eigenvalue weighted by Crippen LogP contribution is 2.19. The van der Waals surface area contributed by atoms with Gasteiger partial charge in [0.15, 0.2) is 0 Å². The standard InChI is InChI=1S/C16H11ClN2O/c17-13-8-6-11-7-9-15(18-14(11)10-13)19-16(20)12-4-2-1-3-5-12/h1-10H,(H,18,19,20). The Morgan fingerprint density at radius 1 is 1.00 bits per heavy atom. The molecule has 0 fully saturated rings. The van der Waals surface area contributed by atoms with E-state index in [2.05, 4.69) is 10.3 Å². The van der Waals surface area contributed by atoms with Gasteiger partial charge in [-0.25, -0.2) is 4.98 Å². The number of aromatic nitrogens is 1. The number of carbonyl (C=O) groups excluding carboxylic acids is 1. The van der Waals surface area contributed by atoms with E-state index in [0.717, 1.165) is 10.9 Å². The van der Waals surface area contributed by atoms with Gasteiger partial charge in [0.2, 0.25) is 0 Å². The minimum atomic E-state index is -0.181. The van der Waals surface area contributed by atoms with Gasteiger partial charge in [-0.15, -0.1) is 0 Å². The van der Waals surface area contributed by atoms with Crippen LogP contribution in [0.15, 0.2) is 60.7 Å². The van der Waals surface area contributed by atoms with Gasteiger partial charge < -0.3 is 5.32 Å². The zero-order chi connectivity index (χ0) is 13.9. The molecule has 98 valence electrons. The van der Waals surface area contributed by atoms with Crippen molar-refractivity contribution in [1.82, 2.24) is 4.98 Å². The third kappa shape index (κ3) is 2.63. The Morgan fingerprint density at radius 2 is 1.75 bits per heavy atom. The maximum atomic E-state index is 12.0. The van der Waals surface area contributed by atoms with Crippen LogP contribution in [0.5, 0.6) is 0 Å². The molecule has 0 aliphatic carbocycles. The second-order valence-electron chi connectivity index (χ2n) is 4.35. The molecule has 0 aliphatic rings. The van der Waals surface area contributed by atoms with E-state index in [4.69, 9.17) is 11.6 Å². The molecule has 20 heavy (non-hydrogen) atoms. The maximum absolute atomic E-state index is 12.0. The molecule has 3 nitrogen and oxygen atoms in total. The van der Waals surface area contributed by atoms with Crippen molar-refractivity contribution in [2.75, 3.05) is 5.32 Å². The third-order valence-corrected chi connectivity index (χ3v) is 3.17. The molecule has 0 bridgehead atoms. The van der Waals surface area contributed by atoms with Crippen LogP contribution in [0.4, 0.5) is 5.82 Å². The summed E-state index contributed by atoms with van der Waals surface area (Å²) in [5, 5.41) is 4.38. The van der Waals surface area contributed by atoms with E-state index in [1.165, 1.54) is 0 Å². The minimum absolute atomic E-state index is 0.181. The van der Waals surface area contributed by atoms with Gasteiger partial charge in [0, 0.05) is 16.0 Å². The smallest absolute Gasteiger partial charge is 0.256 e. The molecule has 1 heterocycles. The van der Waals surface area contributed by atoms with Crippen LogP contribution >= 0.6 is 11.6 Å². The van der Waals surface area contributed by atoms with Crippen molar-refractivity contribution in [2.45, 2.75) is 0 Å². The number of hydrogen-bond donors (Lipinski definition) is 1. The number of anilines is 1. The number of benzene rings is 2. The van der Waals surface area contributed by atoms with Crippen molar-refractivity contribution in [3.63, 3.8) is 0 Å². The van der Waals surface area contributed by atoms with Crippen LogP contribution in [-0.2, 0) is 0 Å². The van der Waals surface area contributed by atoms with Gasteiger partial charge in [-0.2, -0.15) is 0 Å². The highest BCUT2D eigenvalue weighted by molar-refractivity contribution is 6.31. The molecule has 0 spiro atoms. The molecule has 1 amide bonds. The third-order valence-electron chi connectivity index (χ3n) is 2.93. The number of halogens is 1. The van der Waals surface area contributed by atoms with E-state index in [9.17, 15) is 4.79 Å².